The number of carbonyl (C=O) groups is 1. The van der Waals surface area contributed by atoms with Crippen LogP contribution < -0.4 is 5.32 Å². The molecule has 0 aromatic carbocycles. The van der Waals surface area contributed by atoms with Gasteiger partial charge in [0.2, 0.25) is 0 Å². The molecule has 2 unspecified atom stereocenters. The second-order valence-electron chi connectivity index (χ2n) is 6.39. The van der Waals surface area contributed by atoms with Crippen LogP contribution >= 0.6 is 23.2 Å². The Morgan fingerprint density at radius 3 is 2.39 bits per heavy atom. The Balaban J connectivity index is 5.31. The van der Waals surface area contributed by atoms with Crippen LogP contribution in [0, 0.1) is 0 Å². The molecule has 0 saturated carbocycles. The molecular formula is C22H34Cl2N2O2. The number of allylic oxidation sites excluding steroid dienone is 6. The highest BCUT2D eigenvalue weighted by Gasteiger charge is 2.20. The Hall–Kier alpha value is -1.65. The molecule has 0 aliphatic carbocycles. The third-order valence-electron chi connectivity index (χ3n) is 3.88. The molecule has 28 heavy (non-hydrogen) atoms. The van der Waals surface area contributed by atoms with Crippen LogP contribution in [-0.2, 0) is 9.53 Å². The van der Waals surface area contributed by atoms with Gasteiger partial charge in [-0.15, -0.1) is 11.6 Å². The molecule has 0 saturated heterocycles. The molecule has 0 aliphatic heterocycles. The molecule has 1 N–H and O–H groups in total. The lowest BCUT2D eigenvalue weighted by atomic mass is 10.1. The lowest BCUT2D eigenvalue weighted by molar-refractivity contribution is -0.130. The summed E-state index contributed by atoms with van der Waals surface area (Å²) in [7, 11) is 3.92. The quantitative estimate of drug-likeness (QED) is 0.252. The standard InChI is InChI=1S/C22H34Cl2N2O2/c1-8-12-17(19(10-3)26(6)7)15-25-22(27)20(11-4)28-21(18(24)9-2)14-13-16(5)23/h8,10,12-14,16,20H,1,9,11,15H2,2-7H3,(H,25,27)/b14-13-,17-12-,19-10+,21-18-. The minimum atomic E-state index is -0.649. The van der Waals surface area contributed by atoms with Gasteiger partial charge in [0.15, 0.2) is 6.10 Å². The van der Waals surface area contributed by atoms with E-state index >= 15 is 0 Å². The number of halogens is 2. The van der Waals surface area contributed by atoms with Gasteiger partial charge in [-0.3, -0.25) is 4.79 Å². The molecule has 158 valence electrons. The molecule has 0 bridgehead atoms. The van der Waals surface area contributed by atoms with Crippen molar-refractivity contribution in [1.82, 2.24) is 10.2 Å². The topological polar surface area (TPSA) is 41.6 Å². The Labute approximate surface area is 180 Å². The zero-order chi connectivity index (χ0) is 21.7. The molecule has 0 aromatic rings. The predicted octanol–water partition coefficient (Wildman–Crippen LogP) is 5.52. The molecule has 4 nitrogen and oxygen atoms in total. The summed E-state index contributed by atoms with van der Waals surface area (Å²) in [5, 5.41) is 3.34. The first-order chi connectivity index (χ1) is 13.2. The number of likely N-dealkylation sites (N-methyl/N-ethyl adjacent to an activating group) is 1. The molecule has 0 aromatic heterocycles. The van der Waals surface area contributed by atoms with E-state index in [4.69, 9.17) is 27.9 Å². The minimum Gasteiger partial charge on any atom is -0.479 e. The molecule has 0 heterocycles. The van der Waals surface area contributed by atoms with Gasteiger partial charge >= 0.3 is 0 Å². The Kier molecular flexibility index (Phi) is 13.5. The Morgan fingerprint density at radius 1 is 1.32 bits per heavy atom. The largest absolute Gasteiger partial charge is 0.479 e. The van der Waals surface area contributed by atoms with E-state index in [0.29, 0.717) is 30.2 Å². The van der Waals surface area contributed by atoms with E-state index in [2.05, 4.69) is 11.9 Å². The van der Waals surface area contributed by atoms with Crippen molar-refractivity contribution in [2.45, 2.75) is 52.0 Å². The number of amides is 1. The van der Waals surface area contributed by atoms with Crippen molar-refractivity contribution in [3.05, 3.63) is 59.0 Å². The number of carbonyl (C=O) groups excluding carboxylic acids is 1. The lowest BCUT2D eigenvalue weighted by Crippen LogP contribution is -2.37. The molecule has 0 fully saturated rings. The van der Waals surface area contributed by atoms with Gasteiger partial charge in [0, 0.05) is 31.7 Å². The summed E-state index contributed by atoms with van der Waals surface area (Å²) in [6, 6.07) is 0. The number of ether oxygens (including phenoxy) is 1. The van der Waals surface area contributed by atoms with Gasteiger partial charge in [-0.2, -0.15) is 0 Å². The van der Waals surface area contributed by atoms with Crippen molar-refractivity contribution in [3.63, 3.8) is 0 Å². The van der Waals surface area contributed by atoms with Crippen LogP contribution in [0.15, 0.2) is 59.0 Å². The SMILES string of the molecule is C=C/C=C(CNC(=O)C(CC)OC(/C=C\C(C)Cl)=C(\Cl)CC)\C(=C/C)N(C)C. The summed E-state index contributed by atoms with van der Waals surface area (Å²) < 4.78 is 5.92. The predicted molar refractivity (Wildman–Crippen MR) is 122 cm³/mol. The van der Waals surface area contributed by atoms with Crippen LogP contribution in [0.5, 0.6) is 0 Å². The average molecular weight is 429 g/mol. The van der Waals surface area contributed by atoms with Gasteiger partial charge < -0.3 is 15.0 Å². The highest BCUT2D eigenvalue weighted by atomic mass is 35.5. The normalized spacial score (nSPS) is 15.7. The van der Waals surface area contributed by atoms with Crippen molar-refractivity contribution >= 4 is 29.1 Å². The minimum absolute atomic E-state index is 0.161. The Bertz CT molecular complexity index is 632. The van der Waals surface area contributed by atoms with Gasteiger partial charge in [0.05, 0.1) is 5.03 Å². The smallest absolute Gasteiger partial charge is 0.261 e. The van der Waals surface area contributed by atoms with Gasteiger partial charge in [-0.05, 0) is 38.3 Å². The highest BCUT2D eigenvalue weighted by Crippen LogP contribution is 2.20. The van der Waals surface area contributed by atoms with Gasteiger partial charge in [-0.25, -0.2) is 0 Å². The van der Waals surface area contributed by atoms with E-state index in [0.717, 1.165) is 11.3 Å². The number of rotatable bonds is 12. The zero-order valence-electron chi connectivity index (χ0n) is 17.9. The maximum atomic E-state index is 12.7. The van der Waals surface area contributed by atoms with Crippen LogP contribution in [0.4, 0.5) is 0 Å². The first-order valence-electron chi connectivity index (χ1n) is 9.52. The third-order valence-corrected chi connectivity index (χ3v) is 4.48. The Morgan fingerprint density at radius 2 is 1.96 bits per heavy atom. The first kappa shape index (κ1) is 26.4. The van der Waals surface area contributed by atoms with Crippen LogP contribution in [0.25, 0.3) is 0 Å². The zero-order valence-corrected chi connectivity index (χ0v) is 19.4. The van der Waals surface area contributed by atoms with Gasteiger partial charge in [0.25, 0.3) is 5.91 Å². The molecule has 0 aliphatic rings. The van der Waals surface area contributed by atoms with E-state index in [1.54, 1.807) is 18.2 Å². The van der Waals surface area contributed by atoms with Crippen molar-refractivity contribution in [2.75, 3.05) is 20.6 Å². The summed E-state index contributed by atoms with van der Waals surface area (Å²) >= 11 is 12.3. The molecule has 0 rings (SSSR count). The van der Waals surface area contributed by atoms with E-state index in [1.807, 2.05) is 58.8 Å². The molecule has 2 atom stereocenters. The fourth-order valence-corrected chi connectivity index (χ4v) is 2.65. The van der Waals surface area contributed by atoms with Crippen molar-refractivity contribution in [1.29, 1.82) is 0 Å². The summed E-state index contributed by atoms with van der Waals surface area (Å²) in [6.07, 6.45) is 9.57. The molecular weight excluding hydrogens is 395 g/mol. The lowest BCUT2D eigenvalue weighted by Gasteiger charge is -2.22. The van der Waals surface area contributed by atoms with E-state index < -0.39 is 6.10 Å². The van der Waals surface area contributed by atoms with Crippen molar-refractivity contribution in [2.24, 2.45) is 0 Å². The summed E-state index contributed by atoms with van der Waals surface area (Å²) in [5.74, 6) is 0.278. The van der Waals surface area contributed by atoms with Crippen molar-refractivity contribution in [3.8, 4) is 0 Å². The molecule has 0 radical (unpaired) electrons. The number of hydrogen-bond donors (Lipinski definition) is 1. The number of nitrogens with zero attached hydrogens (tertiary/aromatic N) is 1. The third kappa shape index (κ3) is 9.52. The fourth-order valence-electron chi connectivity index (χ4n) is 2.47. The average Bonchev–Trinajstić information content (AvgIpc) is 2.65. The second-order valence-corrected chi connectivity index (χ2v) is 7.53. The molecule has 6 heteroatoms. The monoisotopic (exact) mass is 428 g/mol. The number of hydrogen-bond acceptors (Lipinski definition) is 3. The van der Waals surface area contributed by atoms with Crippen LogP contribution in [0.3, 0.4) is 0 Å². The highest BCUT2D eigenvalue weighted by molar-refractivity contribution is 6.30. The second kappa shape index (κ2) is 14.4. The van der Waals surface area contributed by atoms with Gasteiger partial charge in [0.1, 0.15) is 5.76 Å². The van der Waals surface area contributed by atoms with Crippen LogP contribution in [-0.4, -0.2) is 42.9 Å². The first-order valence-corrected chi connectivity index (χ1v) is 10.3. The molecule has 1 amide bonds. The fraction of sp³-hybridized carbons (Fsp3) is 0.500. The number of nitrogens with one attached hydrogen (secondary N) is 1. The summed E-state index contributed by atoms with van der Waals surface area (Å²) in [6.45, 7) is 11.8. The maximum Gasteiger partial charge on any atom is 0.261 e. The molecule has 0 spiro atoms. The van der Waals surface area contributed by atoms with Crippen molar-refractivity contribution < 1.29 is 9.53 Å². The van der Waals surface area contributed by atoms with E-state index in [-0.39, 0.29) is 11.3 Å². The van der Waals surface area contributed by atoms with E-state index in [1.165, 1.54) is 0 Å². The van der Waals surface area contributed by atoms with Gasteiger partial charge in [-0.1, -0.05) is 56.3 Å². The summed E-state index contributed by atoms with van der Waals surface area (Å²) in [5.41, 5.74) is 1.98. The number of alkyl halides is 1. The van der Waals surface area contributed by atoms with E-state index in [9.17, 15) is 4.79 Å². The maximum absolute atomic E-state index is 12.7. The van der Waals surface area contributed by atoms with Crippen LogP contribution in [0.1, 0.15) is 40.5 Å². The summed E-state index contributed by atoms with van der Waals surface area (Å²) in [4.78, 5) is 14.7. The van der Waals surface area contributed by atoms with Crippen LogP contribution in [0.2, 0.25) is 0 Å².